The Balaban J connectivity index is 1.87. The molecule has 0 aliphatic carbocycles. The van der Waals surface area contributed by atoms with Crippen LogP contribution in [0.5, 0.6) is 0 Å². The van der Waals surface area contributed by atoms with E-state index in [-0.39, 0.29) is 24.9 Å². The fraction of sp³-hybridized carbons (Fsp3) is 0.611. The first kappa shape index (κ1) is 19.9. The minimum atomic E-state index is -3.61. The van der Waals surface area contributed by atoms with Crippen LogP contribution in [0.15, 0.2) is 17.0 Å². The number of aryl methyl sites for hydroxylation is 3. The molecule has 140 valence electrons. The zero-order chi connectivity index (χ0) is 18.6. The Morgan fingerprint density at radius 1 is 1.16 bits per heavy atom. The van der Waals surface area contributed by atoms with Crippen LogP contribution in [0.3, 0.4) is 0 Å². The topological polar surface area (TPSA) is 78.5 Å². The Morgan fingerprint density at radius 3 is 2.28 bits per heavy atom. The molecule has 0 bridgehead atoms. The summed E-state index contributed by atoms with van der Waals surface area (Å²) in [5.74, 6) is -0.102. The maximum Gasteiger partial charge on any atom is 0.241 e. The average Bonchev–Trinajstić information content (AvgIpc) is 2.48. The highest BCUT2D eigenvalue weighted by Crippen LogP contribution is 2.21. The number of hydrogen-bond acceptors (Lipinski definition) is 4. The minimum absolute atomic E-state index is 0.102. The van der Waals surface area contributed by atoms with Gasteiger partial charge in [-0.1, -0.05) is 17.7 Å². The van der Waals surface area contributed by atoms with Crippen molar-refractivity contribution >= 4 is 15.9 Å². The summed E-state index contributed by atoms with van der Waals surface area (Å²) < 4.78 is 27.6. The lowest BCUT2D eigenvalue weighted by Crippen LogP contribution is -2.44. The highest BCUT2D eigenvalue weighted by atomic mass is 32.2. The van der Waals surface area contributed by atoms with Gasteiger partial charge < -0.3 is 10.2 Å². The maximum absolute atomic E-state index is 12.5. The molecule has 1 aromatic rings. The fourth-order valence-corrected chi connectivity index (χ4v) is 4.90. The second-order valence-electron chi connectivity index (χ2n) is 7.02. The number of likely N-dealkylation sites (tertiary alicyclic amines) is 1. The van der Waals surface area contributed by atoms with Crippen LogP contribution >= 0.6 is 0 Å². The third-order valence-corrected chi connectivity index (χ3v) is 6.37. The van der Waals surface area contributed by atoms with E-state index in [2.05, 4.69) is 22.0 Å². The normalized spacial score (nSPS) is 16.8. The van der Waals surface area contributed by atoms with Gasteiger partial charge in [-0.15, -0.1) is 0 Å². The van der Waals surface area contributed by atoms with Crippen molar-refractivity contribution in [3.8, 4) is 0 Å². The Morgan fingerprint density at radius 2 is 1.72 bits per heavy atom. The van der Waals surface area contributed by atoms with E-state index in [1.807, 2.05) is 19.1 Å². The number of rotatable bonds is 6. The molecule has 2 N–H and O–H groups in total. The van der Waals surface area contributed by atoms with Crippen molar-refractivity contribution in [1.82, 2.24) is 14.9 Å². The second kappa shape index (κ2) is 8.29. The van der Waals surface area contributed by atoms with Gasteiger partial charge >= 0.3 is 0 Å². The van der Waals surface area contributed by atoms with Gasteiger partial charge in [-0.25, -0.2) is 13.1 Å². The van der Waals surface area contributed by atoms with Gasteiger partial charge in [0.15, 0.2) is 0 Å². The number of piperidine rings is 1. The van der Waals surface area contributed by atoms with E-state index in [1.165, 1.54) is 0 Å². The Hall–Kier alpha value is -1.44. The summed E-state index contributed by atoms with van der Waals surface area (Å²) in [7, 11) is -1.54. The lowest BCUT2D eigenvalue weighted by Gasteiger charge is -2.29. The van der Waals surface area contributed by atoms with E-state index >= 15 is 0 Å². The number of benzene rings is 1. The Kier molecular flexibility index (Phi) is 6.59. The fourth-order valence-electron chi connectivity index (χ4n) is 3.41. The van der Waals surface area contributed by atoms with Crippen LogP contribution < -0.4 is 10.0 Å². The standard InChI is InChI=1S/C18H29N3O3S/c1-13-11-14(2)18(15(3)12-13)25(23,24)19-8-5-17(22)20-16-6-9-21(4)10-7-16/h11-12,16,19H,5-10H2,1-4H3,(H,20,22). The molecule has 1 saturated heterocycles. The lowest BCUT2D eigenvalue weighted by atomic mass is 10.1. The molecule has 6 nitrogen and oxygen atoms in total. The predicted molar refractivity (Wildman–Crippen MR) is 99.1 cm³/mol. The van der Waals surface area contributed by atoms with E-state index in [0.717, 1.165) is 42.6 Å². The third kappa shape index (κ3) is 5.52. The molecule has 1 fully saturated rings. The molecule has 25 heavy (non-hydrogen) atoms. The summed E-state index contributed by atoms with van der Waals surface area (Å²) in [6.07, 6.45) is 2.03. The van der Waals surface area contributed by atoms with E-state index in [1.54, 1.807) is 13.8 Å². The summed E-state index contributed by atoms with van der Waals surface area (Å²) in [5.41, 5.74) is 2.48. The molecule has 1 aliphatic heterocycles. The summed E-state index contributed by atoms with van der Waals surface area (Å²) >= 11 is 0. The van der Waals surface area contributed by atoms with Crippen molar-refractivity contribution in [2.24, 2.45) is 0 Å². The van der Waals surface area contributed by atoms with Crippen molar-refractivity contribution < 1.29 is 13.2 Å². The van der Waals surface area contributed by atoms with E-state index in [0.29, 0.717) is 4.90 Å². The van der Waals surface area contributed by atoms with Crippen LogP contribution in [0.4, 0.5) is 0 Å². The summed E-state index contributed by atoms with van der Waals surface area (Å²) in [4.78, 5) is 14.6. The maximum atomic E-state index is 12.5. The van der Waals surface area contributed by atoms with E-state index < -0.39 is 10.0 Å². The molecule has 1 aromatic carbocycles. The smallest absolute Gasteiger partial charge is 0.241 e. The molecule has 2 rings (SSSR count). The van der Waals surface area contributed by atoms with Gasteiger partial charge in [0.25, 0.3) is 0 Å². The number of carbonyl (C=O) groups excluding carboxylic acids is 1. The third-order valence-electron chi connectivity index (χ3n) is 4.60. The van der Waals surface area contributed by atoms with Crippen LogP contribution in [-0.4, -0.2) is 51.9 Å². The molecule has 0 spiro atoms. The van der Waals surface area contributed by atoms with Gasteiger partial charge in [0.2, 0.25) is 15.9 Å². The number of nitrogens with zero attached hydrogens (tertiary/aromatic N) is 1. The minimum Gasteiger partial charge on any atom is -0.353 e. The molecule has 0 atom stereocenters. The zero-order valence-corrected chi connectivity index (χ0v) is 16.4. The van der Waals surface area contributed by atoms with Crippen molar-refractivity contribution in [2.45, 2.75) is 51.0 Å². The summed E-state index contributed by atoms with van der Waals surface area (Å²) in [5, 5.41) is 3.00. The molecular weight excluding hydrogens is 338 g/mol. The largest absolute Gasteiger partial charge is 0.353 e. The SMILES string of the molecule is Cc1cc(C)c(S(=O)(=O)NCCC(=O)NC2CCN(C)CC2)c(C)c1. The molecular formula is C18H29N3O3S. The van der Waals surface area contributed by atoms with Crippen LogP contribution in [-0.2, 0) is 14.8 Å². The molecule has 0 saturated carbocycles. The van der Waals surface area contributed by atoms with Gasteiger partial charge in [0.05, 0.1) is 4.90 Å². The monoisotopic (exact) mass is 367 g/mol. The second-order valence-corrected chi connectivity index (χ2v) is 8.72. The average molecular weight is 368 g/mol. The first-order chi connectivity index (χ1) is 11.7. The van der Waals surface area contributed by atoms with Crippen molar-refractivity contribution in [1.29, 1.82) is 0 Å². The van der Waals surface area contributed by atoms with Crippen LogP contribution in [0, 0.1) is 20.8 Å². The van der Waals surface area contributed by atoms with Crippen molar-refractivity contribution in [3.05, 3.63) is 28.8 Å². The van der Waals surface area contributed by atoms with E-state index in [4.69, 9.17) is 0 Å². The van der Waals surface area contributed by atoms with Gasteiger partial charge in [0, 0.05) is 19.0 Å². The van der Waals surface area contributed by atoms with Crippen molar-refractivity contribution in [2.75, 3.05) is 26.7 Å². The lowest BCUT2D eigenvalue weighted by molar-refractivity contribution is -0.121. The highest BCUT2D eigenvalue weighted by molar-refractivity contribution is 7.89. The summed E-state index contributed by atoms with van der Waals surface area (Å²) in [6.45, 7) is 7.58. The number of carbonyl (C=O) groups is 1. The number of amides is 1. The van der Waals surface area contributed by atoms with Crippen LogP contribution in [0.25, 0.3) is 0 Å². The first-order valence-electron chi connectivity index (χ1n) is 8.74. The summed E-state index contributed by atoms with van der Waals surface area (Å²) in [6, 6.07) is 3.91. The molecule has 1 heterocycles. The van der Waals surface area contributed by atoms with Gasteiger partial charge in [-0.2, -0.15) is 0 Å². The number of hydrogen-bond donors (Lipinski definition) is 2. The van der Waals surface area contributed by atoms with E-state index in [9.17, 15) is 13.2 Å². The van der Waals surface area contributed by atoms with Gasteiger partial charge in [0.1, 0.15) is 0 Å². The van der Waals surface area contributed by atoms with Gasteiger partial charge in [-0.05, 0) is 64.9 Å². The molecule has 1 aliphatic rings. The highest BCUT2D eigenvalue weighted by Gasteiger charge is 2.21. The van der Waals surface area contributed by atoms with Crippen LogP contribution in [0.1, 0.15) is 36.0 Å². The molecule has 0 unspecified atom stereocenters. The first-order valence-corrected chi connectivity index (χ1v) is 10.2. The van der Waals surface area contributed by atoms with Crippen molar-refractivity contribution in [3.63, 3.8) is 0 Å². The zero-order valence-electron chi connectivity index (χ0n) is 15.6. The quantitative estimate of drug-likeness (QED) is 0.798. The van der Waals surface area contributed by atoms with Crippen LogP contribution in [0.2, 0.25) is 0 Å². The van der Waals surface area contributed by atoms with Gasteiger partial charge in [-0.3, -0.25) is 4.79 Å². The molecule has 1 amide bonds. The number of sulfonamides is 1. The predicted octanol–water partition coefficient (Wildman–Crippen LogP) is 1.49. The Labute approximate surface area is 151 Å². The molecule has 0 radical (unpaired) electrons. The molecule has 0 aromatic heterocycles. The molecule has 7 heteroatoms. The number of nitrogens with one attached hydrogen (secondary N) is 2. The Bertz CT molecular complexity index is 700.